The molecule has 1 heteroatoms. The van der Waals surface area contributed by atoms with Crippen molar-refractivity contribution in [3.05, 3.63) is 53.6 Å². The fourth-order valence-electron chi connectivity index (χ4n) is 1.97. The van der Waals surface area contributed by atoms with E-state index in [1.807, 2.05) is 13.0 Å². The minimum Gasteiger partial charge on any atom is -0.493 e. The number of hydrogen-bond acceptors (Lipinski definition) is 1. The average molecular weight is 226 g/mol. The summed E-state index contributed by atoms with van der Waals surface area (Å²) in [5.41, 5.74) is 4.89. The third kappa shape index (κ3) is 2.33. The van der Waals surface area contributed by atoms with Gasteiger partial charge in [0.1, 0.15) is 5.75 Å². The van der Waals surface area contributed by atoms with E-state index in [1.54, 1.807) is 0 Å². The van der Waals surface area contributed by atoms with Gasteiger partial charge in [0.05, 0.1) is 6.61 Å². The summed E-state index contributed by atoms with van der Waals surface area (Å²) >= 11 is 0. The maximum absolute atomic E-state index is 5.80. The highest BCUT2D eigenvalue weighted by molar-refractivity contribution is 5.72. The zero-order valence-electron chi connectivity index (χ0n) is 10.7. The summed E-state index contributed by atoms with van der Waals surface area (Å²) in [5.74, 6) is 1.01. The molecule has 0 aliphatic heterocycles. The molecular weight excluding hydrogens is 208 g/mol. The predicted molar refractivity (Wildman–Crippen MR) is 72.5 cm³/mol. The molecule has 17 heavy (non-hydrogen) atoms. The molecule has 0 heterocycles. The lowest BCUT2D eigenvalue weighted by Crippen LogP contribution is -1.98. The monoisotopic (exact) mass is 226 g/mol. The Hall–Kier alpha value is -1.76. The van der Waals surface area contributed by atoms with Gasteiger partial charge < -0.3 is 4.74 Å². The molecule has 0 saturated heterocycles. The lowest BCUT2D eigenvalue weighted by Gasteiger charge is -2.15. The molecule has 0 spiro atoms. The summed E-state index contributed by atoms with van der Waals surface area (Å²) < 4.78 is 5.80. The Morgan fingerprint density at radius 3 is 2.29 bits per heavy atom. The van der Waals surface area contributed by atoms with Gasteiger partial charge in [-0.1, -0.05) is 42.5 Å². The van der Waals surface area contributed by atoms with Crippen LogP contribution in [0.2, 0.25) is 0 Å². The third-order valence-corrected chi connectivity index (χ3v) is 3.05. The Bertz CT molecular complexity index is 500. The molecule has 2 aromatic carbocycles. The summed E-state index contributed by atoms with van der Waals surface area (Å²) in [4.78, 5) is 0. The van der Waals surface area contributed by atoms with Crippen molar-refractivity contribution in [3.63, 3.8) is 0 Å². The van der Waals surface area contributed by atoms with Crippen LogP contribution >= 0.6 is 0 Å². The van der Waals surface area contributed by atoms with E-state index in [-0.39, 0.29) is 0 Å². The Kier molecular flexibility index (Phi) is 3.48. The summed E-state index contributed by atoms with van der Waals surface area (Å²) in [6, 6.07) is 14.7. The second-order valence-corrected chi connectivity index (χ2v) is 4.18. The molecule has 0 fully saturated rings. The molecule has 88 valence electrons. The van der Waals surface area contributed by atoms with Gasteiger partial charge in [-0.25, -0.2) is 0 Å². The van der Waals surface area contributed by atoms with Crippen LogP contribution in [-0.4, -0.2) is 6.61 Å². The van der Waals surface area contributed by atoms with Gasteiger partial charge in [0, 0.05) is 5.56 Å². The van der Waals surface area contributed by atoms with E-state index in [2.05, 4.69) is 50.2 Å². The summed E-state index contributed by atoms with van der Waals surface area (Å²) in [7, 11) is 0. The van der Waals surface area contributed by atoms with Crippen LogP contribution in [0.5, 0.6) is 5.75 Å². The standard InChI is InChI=1S/C16H18O/c1-4-17-16-13(3)12(2)10-11-15(16)14-8-6-5-7-9-14/h5-11H,4H2,1-3H3. The highest BCUT2D eigenvalue weighted by Gasteiger charge is 2.10. The smallest absolute Gasteiger partial charge is 0.130 e. The fraction of sp³-hybridized carbons (Fsp3) is 0.250. The minimum atomic E-state index is 0.699. The van der Waals surface area contributed by atoms with Crippen LogP contribution in [0, 0.1) is 13.8 Å². The Balaban J connectivity index is 2.58. The number of hydrogen-bond donors (Lipinski definition) is 0. The van der Waals surface area contributed by atoms with E-state index < -0.39 is 0 Å². The van der Waals surface area contributed by atoms with Crippen LogP contribution in [0.4, 0.5) is 0 Å². The van der Waals surface area contributed by atoms with Crippen LogP contribution in [0.3, 0.4) is 0 Å². The summed E-state index contributed by atoms with van der Waals surface area (Å²) in [5, 5.41) is 0. The normalized spacial score (nSPS) is 10.3. The molecule has 0 N–H and O–H groups in total. The topological polar surface area (TPSA) is 9.23 Å². The first-order valence-electron chi connectivity index (χ1n) is 6.02. The van der Waals surface area contributed by atoms with Crippen LogP contribution in [0.15, 0.2) is 42.5 Å². The van der Waals surface area contributed by atoms with E-state index in [9.17, 15) is 0 Å². The van der Waals surface area contributed by atoms with Crippen LogP contribution in [0.1, 0.15) is 18.1 Å². The summed E-state index contributed by atoms with van der Waals surface area (Å²) in [6.45, 7) is 6.96. The minimum absolute atomic E-state index is 0.699. The molecule has 0 radical (unpaired) electrons. The Morgan fingerprint density at radius 1 is 0.941 bits per heavy atom. The predicted octanol–water partition coefficient (Wildman–Crippen LogP) is 4.37. The van der Waals surface area contributed by atoms with Gasteiger partial charge >= 0.3 is 0 Å². The molecule has 0 amide bonds. The van der Waals surface area contributed by atoms with E-state index in [0.717, 1.165) is 5.75 Å². The first-order chi connectivity index (χ1) is 8.24. The summed E-state index contributed by atoms with van der Waals surface area (Å²) in [6.07, 6.45) is 0. The molecular formula is C16H18O. The highest BCUT2D eigenvalue weighted by Crippen LogP contribution is 2.34. The molecule has 0 bridgehead atoms. The number of benzene rings is 2. The number of aryl methyl sites for hydroxylation is 1. The SMILES string of the molecule is CCOc1c(-c2ccccc2)ccc(C)c1C. The van der Waals surface area contributed by atoms with Gasteiger partial charge in [0.15, 0.2) is 0 Å². The molecule has 0 atom stereocenters. The fourth-order valence-corrected chi connectivity index (χ4v) is 1.97. The van der Waals surface area contributed by atoms with Crippen LogP contribution in [0.25, 0.3) is 11.1 Å². The van der Waals surface area contributed by atoms with Gasteiger partial charge in [-0.05, 0) is 37.5 Å². The van der Waals surface area contributed by atoms with E-state index in [4.69, 9.17) is 4.74 Å². The van der Waals surface area contributed by atoms with Crippen molar-refractivity contribution in [2.24, 2.45) is 0 Å². The van der Waals surface area contributed by atoms with E-state index in [0.29, 0.717) is 6.61 Å². The lowest BCUT2D eigenvalue weighted by atomic mass is 9.99. The van der Waals surface area contributed by atoms with Crippen LogP contribution < -0.4 is 4.74 Å². The quantitative estimate of drug-likeness (QED) is 0.755. The number of ether oxygens (including phenoxy) is 1. The van der Waals surface area contributed by atoms with Gasteiger partial charge in [-0.3, -0.25) is 0 Å². The lowest BCUT2D eigenvalue weighted by molar-refractivity contribution is 0.339. The third-order valence-electron chi connectivity index (χ3n) is 3.05. The van der Waals surface area contributed by atoms with Gasteiger partial charge in [0.2, 0.25) is 0 Å². The Labute approximate surface area is 103 Å². The molecule has 0 saturated carbocycles. The molecule has 0 unspecified atom stereocenters. The molecule has 1 nitrogen and oxygen atoms in total. The molecule has 2 rings (SSSR count). The van der Waals surface area contributed by atoms with Crippen molar-refractivity contribution < 1.29 is 4.74 Å². The molecule has 0 aromatic heterocycles. The maximum Gasteiger partial charge on any atom is 0.130 e. The zero-order valence-corrected chi connectivity index (χ0v) is 10.7. The van der Waals surface area contributed by atoms with Crippen molar-refractivity contribution in [1.29, 1.82) is 0 Å². The Morgan fingerprint density at radius 2 is 1.65 bits per heavy atom. The van der Waals surface area contributed by atoms with E-state index in [1.165, 1.54) is 22.3 Å². The average Bonchev–Trinajstić information content (AvgIpc) is 2.36. The molecule has 0 aliphatic rings. The molecule has 2 aromatic rings. The first kappa shape index (κ1) is 11.7. The van der Waals surface area contributed by atoms with E-state index >= 15 is 0 Å². The zero-order chi connectivity index (χ0) is 12.3. The first-order valence-corrected chi connectivity index (χ1v) is 6.02. The van der Waals surface area contributed by atoms with Gasteiger partial charge in [-0.15, -0.1) is 0 Å². The van der Waals surface area contributed by atoms with Crippen molar-refractivity contribution in [2.45, 2.75) is 20.8 Å². The largest absolute Gasteiger partial charge is 0.493 e. The van der Waals surface area contributed by atoms with Gasteiger partial charge in [0.25, 0.3) is 0 Å². The van der Waals surface area contributed by atoms with Crippen molar-refractivity contribution in [1.82, 2.24) is 0 Å². The second-order valence-electron chi connectivity index (χ2n) is 4.18. The van der Waals surface area contributed by atoms with Crippen molar-refractivity contribution >= 4 is 0 Å². The van der Waals surface area contributed by atoms with Crippen molar-refractivity contribution in [3.8, 4) is 16.9 Å². The van der Waals surface area contributed by atoms with Gasteiger partial charge in [-0.2, -0.15) is 0 Å². The second kappa shape index (κ2) is 5.05. The highest BCUT2D eigenvalue weighted by atomic mass is 16.5. The molecule has 0 aliphatic carbocycles. The number of rotatable bonds is 3. The van der Waals surface area contributed by atoms with Crippen LogP contribution in [-0.2, 0) is 0 Å². The van der Waals surface area contributed by atoms with Crippen molar-refractivity contribution in [2.75, 3.05) is 6.61 Å². The maximum atomic E-state index is 5.80.